The van der Waals surface area contributed by atoms with Crippen molar-refractivity contribution in [1.29, 1.82) is 0 Å². The van der Waals surface area contributed by atoms with Crippen molar-refractivity contribution in [3.63, 3.8) is 0 Å². The lowest BCUT2D eigenvalue weighted by atomic mass is 9.86. The Morgan fingerprint density at radius 1 is 1.13 bits per heavy atom. The van der Waals surface area contributed by atoms with Crippen molar-refractivity contribution in [3.8, 4) is 11.5 Å². The molecule has 11 heteroatoms. The molecule has 0 fully saturated rings. The van der Waals surface area contributed by atoms with Crippen LogP contribution in [0.2, 0.25) is 0 Å². The Bertz CT molecular complexity index is 1250. The molecule has 0 bridgehead atoms. The average Bonchev–Trinajstić information content (AvgIpc) is 2.84. The summed E-state index contributed by atoms with van der Waals surface area (Å²) in [5.74, 6) is 4.14. The zero-order valence-electron chi connectivity index (χ0n) is 21.4. The smallest absolute Gasteiger partial charge is 0.349 e. The molecule has 0 amide bonds. The Morgan fingerprint density at radius 2 is 1.84 bits per heavy atom. The minimum Gasteiger partial charge on any atom is -0.507 e. The van der Waals surface area contributed by atoms with Gasteiger partial charge in [0.25, 0.3) is 0 Å². The van der Waals surface area contributed by atoms with Gasteiger partial charge in [0.1, 0.15) is 17.2 Å². The summed E-state index contributed by atoms with van der Waals surface area (Å²) in [6, 6.07) is 16.0. The number of para-hydroxylation sites is 1. The standard InChI is InChI=1S/C27H32BrFN4O4S/c1-16-8-9-18(10-20(16)15-33(14-17(2)28)38-25-7-5-4-6-23(25)34)21(13-26(36)37-29)19-11-22(30)27(32(3)31)24(35)12-19/h4-12,17,21,34-35H,13-15,30-31H2,1-3H3. The van der Waals surface area contributed by atoms with E-state index in [2.05, 4.69) is 25.2 Å². The van der Waals surface area contributed by atoms with E-state index in [4.69, 9.17) is 11.6 Å². The van der Waals surface area contributed by atoms with Crippen LogP contribution in [0.1, 0.15) is 41.5 Å². The van der Waals surface area contributed by atoms with E-state index in [1.807, 2.05) is 44.2 Å². The Hall–Kier alpha value is -2.99. The number of hydrazine groups is 1. The van der Waals surface area contributed by atoms with Gasteiger partial charge in [-0.15, -0.1) is 0 Å². The molecular weight excluding hydrogens is 575 g/mol. The van der Waals surface area contributed by atoms with Crippen molar-refractivity contribution in [2.45, 2.75) is 42.5 Å². The Kier molecular flexibility index (Phi) is 10.3. The van der Waals surface area contributed by atoms with Gasteiger partial charge in [-0.1, -0.05) is 53.2 Å². The molecule has 8 nitrogen and oxygen atoms in total. The zero-order valence-corrected chi connectivity index (χ0v) is 23.8. The fourth-order valence-corrected chi connectivity index (χ4v) is 5.85. The molecule has 0 aliphatic carbocycles. The highest BCUT2D eigenvalue weighted by molar-refractivity contribution is 9.09. The molecule has 0 aliphatic heterocycles. The largest absolute Gasteiger partial charge is 0.507 e. The van der Waals surface area contributed by atoms with Crippen LogP contribution in [-0.2, 0) is 16.3 Å². The fraction of sp³-hybridized carbons (Fsp3) is 0.296. The number of nitrogens with zero attached hydrogens (tertiary/aromatic N) is 2. The highest BCUT2D eigenvalue weighted by Crippen LogP contribution is 2.39. The molecule has 0 aromatic heterocycles. The van der Waals surface area contributed by atoms with Crippen LogP contribution in [0.3, 0.4) is 0 Å². The maximum Gasteiger partial charge on any atom is 0.349 e. The molecule has 204 valence electrons. The molecular formula is C27H32BrFN4O4S. The molecule has 6 N–H and O–H groups in total. The quantitative estimate of drug-likeness (QED) is 0.0731. The first-order valence-corrected chi connectivity index (χ1v) is 13.6. The monoisotopic (exact) mass is 606 g/mol. The van der Waals surface area contributed by atoms with Crippen molar-refractivity contribution in [2.75, 3.05) is 24.3 Å². The number of carbonyl (C=O) groups is 1. The van der Waals surface area contributed by atoms with Gasteiger partial charge in [0.15, 0.2) is 0 Å². The maximum absolute atomic E-state index is 12.8. The third-order valence-electron chi connectivity index (χ3n) is 6.02. The van der Waals surface area contributed by atoms with Crippen LogP contribution in [0.5, 0.6) is 11.5 Å². The number of nitrogens with two attached hydrogens (primary N) is 2. The van der Waals surface area contributed by atoms with Gasteiger partial charge < -0.3 is 21.0 Å². The van der Waals surface area contributed by atoms with E-state index >= 15 is 0 Å². The van der Waals surface area contributed by atoms with Crippen LogP contribution in [0.25, 0.3) is 0 Å². The summed E-state index contributed by atoms with van der Waals surface area (Å²) in [5.41, 5.74) is 9.84. The second kappa shape index (κ2) is 13.2. The van der Waals surface area contributed by atoms with Crippen LogP contribution < -0.4 is 16.6 Å². The fourth-order valence-electron chi connectivity index (χ4n) is 4.23. The predicted molar refractivity (Wildman–Crippen MR) is 153 cm³/mol. The van der Waals surface area contributed by atoms with Gasteiger partial charge >= 0.3 is 5.97 Å². The molecule has 0 radical (unpaired) electrons. The van der Waals surface area contributed by atoms with Crippen molar-refractivity contribution < 1.29 is 24.5 Å². The van der Waals surface area contributed by atoms with E-state index in [1.54, 1.807) is 25.2 Å². The number of nitrogen functional groups attached to an aromatic ring is 1. The minimum atomic E-state index is -1.04. The summed E-state index contributed by atoms with van der Waals surface area (Å²) < 4.78 is 14.9. The average molecular weight is 608 g/mol. The Labute approximate surface area is 234 Å². The minimum absolute atomic E-state index is 0.160. The molecule has 3 rings (SSSR count). The van der Waals surface area contributed by atoms with E-state index < -0.39 is 11.9 Å². The molecule has 0 spiro atoms. The summed E-state index contributed by atoms with van der Waals surface area (Å²) in [6.45, 7) is 5.23. The first kappa shape index (κ1) is 29.6. The normalized spacial score (nSPS) is 12.8. The number of phenols is 2. The number of carbonyl (C=O) groups excluding carboxylic acids is 1. The summed E-state index contributed by atoms with van der Waals surface area (Å²) in [7, 11) is 1.54. The third kappa shape index (κ3) is 7.53. The van der Waals surface area contributed by atoms with E-state index in [9.17, 15) is 19.5 Å². The van der Waals surface area contributed by atoms with Gasteiger partial charge in [-0.25, -0.2) is 14.9 Å². The van der Waals surface area contributed by atoms with E-state index in [0.717, 1.165) is 21.6 Å². The van der Waals surface area contributed by atoms with Crippen LogP contribution in [0, 0.1) is 6.92 Å². The van der Waals surface area contributed by atoms with Gasteiger partial charge in [0.05, 0.1) is 17.0 Å². The number of aromatic hydroxyl groups is 2. The van der Waals surface area contributed by atoms with E-state index in [-0.39, 0.29) is 34.1 Å². The molecule has 3 aromatic carbocycles. The van der Waals surface area contributed by atoms with Crippen LogP contribution in [0.15, 0.2) is 59.5 Å². The number of rotatable bonds is 11. The summed E-state index contributed by atoms with van der Waals surface area (Å²) in [5, 5.41) is 22.1. The number of phenolic OH excluding ortho intramolecular Hbond substituents is 2. The van der Waals surface area contributed by atoms with E-state index in [1.165, 1.54) is 23.0 Å². The van der Waals surface area contributed by atoms with Crippen molar-refractivity contribution in [2.24, 2.45) is 5.84 Å². The van der Waals surface area contributed by atoms with Gasteiger partial charge in [-0.2, -0.15) is 0 Å². The van der Waals surface area contributed by atoms with Crippen LogP contribution >= 0.6 is 27.9 Å². The molecule has 0 aliphatic rings. The van der Waals surface area contributed by atoms with Gasteiger partial charge in [0.2, 0.25) is 0 Å². The highest BCUT2D eigenvalue weighted by atomic mass is 79.9. The van der Waals surface area contributed by atoms with Crippen LogP contribution in [0.4, 0.5) is 15.9 Å². The molecule has 0 saturated heterocycles. The number of aryl methyl sites for hydroxylation is 1. The van der Waals surface area contributed by atoms with Gasteiger partial charge in [-0.05, 0) is 65.4 Å². The summed E-state index contributed by atoms with van der Waals surface area (Å²) in [4.78, 5) is 16.4. The van der Waals surface area contributed by atoms with Crippen molar-refractivity contribution in [1.82, 2.24) is 4.31 Å². The number of hydrogen-bond acceptors (Lipinski definition) is 9. The molecule has 2 atom stereocenters. The number of benzene rings is 3. The number of hydrogen-bond donors (Lipinski definition) is 4. The number of halogens is 2. The SMILES string of the molecule is Cc1ccc(C(CC(=O)OF)c2cc(N)c(N(C)N)c(O)c2)cc1CN(CC(C)Br)Sc1ccccc1O. The first-order valence-electron chi connectivity index (χ1n) is 11.9. The zero-order chi connectivity index (χ0) is 28.0. The van der Waals surface area contributed by atoms with Crippen molar-refractivity contribution >= 4 is 45.2 Å². The van der Waals surface area contributed by atoms with Crippen LogP contribution in [-0.4, -0.2) is 38.9 Å². The maximum atomic E-state index is 12.8. The topological polar surface area (TPSA) is 125 Å². The Balaban J connectivity index is 2.01. The lowest BCUT2D eigenvalue weighted by Gasteiger charge is -2.25. The van der Waals surface area contributed by atoms with Crippen molar-refractivity contribution in [3.05, 3.63) is 76.9 Å². The first-order chi connectivity index (χ1) is 18.0. The second-order valence-corrected chi connectivity index (χ2v) is 11.8. The van der Waals surface area contributed by atoms with E-state index in [0.29, 0.717) is 18.7 Å². The summed E-state index contributed by atoms with van der Waals surface area (Å²) >= 11 is 5.06. The van der Waals surface area contributed by atoms with Gasteiger partial charge in [-0.3, -0.25) is 4.94 Å². The summed E-state index contributed by atoms with van der Waals surface area (Å²) in [6.07, 6.45) is -0.301. The third-order valence-corrected chi connectivity index (χ3v) is 7.39. The molecule has 3 aromatic rings. The van der Waals surface area contributed by atoms with Gasteiger partial charge in [0, 0.05) is 35.4 Å². The molecule has 0 saturated carbocycles. The predicted octanol–water partition coefficient (Wildman–Crippen LogP) is 5.54. The number of anilines is 2. The Morgan fingerprint density at radius 3 is 2.45 bits per heavy atom. The molecule has 0 heterocycles. The number of alkyl halides is 1. The highest BCUT2D eigenvalue weighted by Gasteiger charge is 2.24. The molecule has 38 heavy (non-hydrogen) atoms. The lowest BCUT2D eigenvalue weighted by Crippen LogP contribution is -2.26. The molecule has 2 unspecified atom stereocenters. The second-order valence-electron chi connectivity index (χ2n) is 9.14. The lowest BCUT2D eigenvalue weighted by molar-refractivity contribution is -0.183.